The number of hydrogen-bond acceptors (Lipinski definition) is 5. The Hall–Kier alpha value is -1.91. The van der Waals surface area contributed by atoms with Gasteiger partial charge in [0.25, 0.3) is 0 Å². The Balaban J connectivity index is 1.95. The number of carbonyl (C=O) groups excluding carboxylic acids is 1. The van der Waals surface area contributed by atoms with Crippen molar-refractivity contribution in [3.8, 4) is 0 Å². The number of carbonyl (C=O) groups is 1. The summed E-state index contributed by atoms with van der Waals surface area (Å²) in [6.45, 7) is 1.62. The lowest BCUT2D eigenvalue weighted by molar-refractivity contribution is -0.281. The van der Waals surface area contributed by atoms with Crippen molar-refractivity contribution in [2.24, 2.45) is 7.05 Å². The van der Waals surface area contributed by atoms with Crippen LogP contribution >= 0.6 is 0 Å². The Morgan fingerprint density at radius 3 is 2.43 bits per heavy atom. The molecule has 1 aliphatic heterocycles. The minimum atomic E-state index is -4.46. The van der Waals surface area contributed by atoms with Gasteiger partial charge in [-0.05, 0) is 17.4 Å². The van der Waals surface area contributed by atoms with Crippen LogP contribution in [0.25, 0.3) is 0 Å². The normalized spacial score (nSPS) is 19.5. The molecule has 1 N–H and O–H groups in total. The van der Waals surface area contributed by atoms with E-state index in [4.69, 9.17) is 4.74 Å². The van der Waals surface area contributed by atoms with Gasteiger partial charge in [0.05, 0.1) is 6.04 Å². The van der Waals surface area contributed by atoms with Gasteiger partial charge in [-0.1, -0.05) is 0 Å². The second-order valence-corrected chi connectivity index (χ2v) is 5.52. The van der Waals surface area contributed by atoms with Crippen LogP contribution in [0.5, 0.6) is 0 Å². The van der Waals surface area contributed by atoms with E-state index in [2.05, 4.69) is 20.8 Å². The number of urea groups is 1. The molecule has 2 rings (SSSR count). The van der Waals surface area contributed by atoms with E-state index in [1.54, 1.807) is 14.0 Å². The highest BCUT2D eigenvalue weighted by molar-refractivity contribution is 5.74. The van der Waals surface area contributed by atoms with Gasteiger partial charge in [0, 0.05) is 40.1 Å². The number of halogens is 3. The maximum absolute atomic E-state index is 13.1. The second kappa shape index (κ2) is 6.30. The zero-order valence-electron chi connectivity index (χ0n) is 13.1. The highest BCUT2D eigenvalue weighted by Crippen LogP contribution is 2.41. The van der Waals surface area contributed by atoms with Crippen molar-refractivity contribution >= 4 is 6.03 Å². The average Bonchev–Trinajstić information content (AvgIpc) is 2.92. The standard InChI is InChI=1S/C12H19F3N6O2/c1-8(9-17-18-19-20(9)2)16-10(22)21-6-4-11(23-3,5-7-21)12(13,14)15/h8H,4-7H2,1-3H3,(H,16,22). The first-order valence-electron chi connectivity index (χ1n) is 7.10. The molecule has 1 aromatic rings. The molecule has 2 amide bonds. The number of alkyl halides is 3. The molecule has 0 aliphatic carbocycles. The summed E-state index contributed by atoms with van der Waals surface area (Å²) in [4.78, 5) is 13.5. The molecule has 8 nitrogen and oxygen atoms in total. The first kappa shape index (κ1) is 17.4. The largest absolute Gasteiger partial charge is 0.417 e. The molecule has 1 saturated heterocycles. The van der Waals surface area contributed by atoms with Crippen LogP contribution in [0.2, 0.25) is 0 Å². The summed E-state index contributed by atoms with van der Waals surface area (Å²) in [6, 6.07) is -0.911. The minimum absolute atomic E-state index is 0.0387. The fraction of sp³-hybridized carbons (Fsp3) is 0.833. The molecule has 130 valence electrons. The number of amides is 2. The van der Waals surface area contributed by atoms with Crippen molar-refractivity contribution in [2.75, 3.05) is 20.2 Å². The molecule has 1 aromatic heterocycles. The maximum Gasteiger partial charge on any atom is 0.417 e. The van der Waals surface area contributed by atoms with Gasteiger partial charge >= 0.3 is 12.2 Å². The van der Waals surface area contributed by atoms with E-state index in [0.29, 0.717) is 5.82 Å². The van der Waals surface area contributed by atoms with Crippen LogP contribution in [0, 0.1) is 0 Å². The van der Waals surface area contributed by atoms with E-state index in [-0.39, 0.29) is 25.9 Å². The molecule has 23 heavy (non-hydrogen) atoms. The Morgan fingerprint density at radius 1 is 1.39 bits per heavy atom. The number of nitrogens with one attached hydrogen (secondary N) is 1. The van der Waals surface area contributed by atoms with Crippen molar-refractivity contribution in [3.05, 3.63) is 5.82 Å². The van der Waals surface area contributed by atoms with E-state index in [9.17, 15) is 18.0 Å². The van der Waals surface area contributed by atoms with Gasteiger partial charge in [0.2, 0.25) is 0 Å². The van der Waals surface area contributed by atoms with Crippen LogP contribution in [-0.2, 0) is 11.8 Å². The van der Waals surface area contributed by atoms with Crippen LogP contribution in [0.3, 0.4) is 0 Å². The molecule has 0 saturated carbocycles. The van der Waals surface area contributed by atoms with Gasteiger partial charge in [0.1, 0.15) is 0 Å². The maximum atomic E-state index is 13.1. The van der Waals surface area contributed by atoms with E-state index in [1.165, 1.54) is 9.58 Å². The average molecular weight is 336 g/mol. The molecule has 1 aliphatic rings. The molecule has 11 heteroatoms. The summed E-state index contributed by atoms with van der Waals surface area (Å²) >= 11 is 0. The minimum Gasteiger partial charge on any atom is -0.369 e. The number of likely N-dealkylation sites (tertiary alicyclic amines) is 1. The van der Waals surface area contributed by atoms with E-state index < -0.39 is 23.9 Å². The number of nitrogens with zero attached hydrogens (tertiary/aromatic N) is 5. The highest BCUT2D eigenvalue weighted by Gasteiger charge is 2.56. The van der Waals surface area contributed by atoms with Crippen molar-refractivity contribution < 1.29 is 22.7 Å². The molecule has 0 radical (unpaired) electrons. The van der Waals surface area contributed by atoms with Crippen LogP contribution in [0.4, 0.5) is 18.0 Å². The lowest BCUT2D eigenvalue weighted by Gasteiger charge is -2.41. The van der Waals surface area contributed by atoms with Crippen LogP contribution in [-0.4, -0.2) is 63.1 Å². The Labute approximate surface area is 131 Å². The molecule has 1 unspecified atom stereocenters. The lowest BCUT2D eigenvalue weighted by atomic mass is 9.90. The van der Waals surface area contributed by atoms with Gasteiger partial charge in [-0.15, -0.1) is 5.10 Å². The fourth-order valence-corrected chi connectivity index (χ4v) is 2.62. The lowest BCUT2D eigenvalue weighted by Crippen LogP contribution is -2.57. The molecular formula is C12H19F3N6O2. The van der Waals surface area contributed by atoms with Crippen molar-refractivity contribution in [1.82, 2.24) is 30.4 Å². The number of ether oxygens (including phenoxy) is 1. The Kier molecular flexibility index (Phi) is 4.78. The van der Waals surface area contributed by atoms with Gasteiger partial charge in [-0.3, -0.25) is 0 Å². The summed E-state index contributed by atoms with van der Waals surface area (Å²) in [6.07, 6.45) is -5.04. The Bertz CT molecular complexity index is 553. The van der Waals surface area contributed by atoms with Gasteiger partial charge in [-0.25, -0.2) is 9.48 Å². The molecule has 0 spiro atoms. The second-order valence-electron chi connectivity index (χ2n) is 5.52. The SMILES string of the molecule is COC1(C(F)(F)F)CCN(C(=O)NC(C)c2nnnn2C)CC1. The smallest absolute Gasteiger partial charge is 0.369 e. The third-order valence-corrected chi connectivity index (χ3v) is 4.15. The van der Waals surface area contributed by atoms with Crippen molar-refractivity contribution in [1.29, 1.82) is 0 Å². The number of hydrogen-bond donors (Lipinski definition) is 1. The fourth-order valence-electron chi connectivity index (χ4n) is 2.62. The summed E-state index contributed by atoms with van der Waals surface area (Å²) in [5.74, 6) is 0.455. The zero-order chi connectivity index (χ0) is 17.3. The summed E-state index contributed by atoms with van der Waals surface area (Å²) in [7, 11) is 2.68. The van der Waals surface area contributed by atoms with E-state index in [1.807, 2.05) is 0 Å². The van der Waals surface area contributed by atoms with Crippen LogP contribution < -0.4 is 5.32 Å². The number of piperidine rings is 1. The van der Waals surface area contributed by atoms with Crippen LogP contribution in [0.1, 0.15) is 31.6 Å². The third kappa shape index (κ3) is 3.38. The first-order chi connectivity index (χ1) is 10.7. The van der Waals surface area contributed by atoms with Crippen molar-refractivity contribution in [2.45, 2.75) is 37.6 Å². The summed E-state index contributed by atoms with van der Waals surface area (Å²) in [5.41, 5.74) is -2.18. The predicted octanol–water partition coefficient (Wildman–Crippen LogP) is 1.02. The van der Waals surface area contributed by atoms with Crippen molar-refractivity contribution in [3.63, 3.8) is 0 Å². The Morgan fingerprint density at radius 2 is 2.00 bits per heavy atom. The molecule has 1 atom stereocenters. The number of tetrazole rings is 1. The number of aryl methyl sites for hydroxylation is 1. The van der Waals surface area contributed by atoms with Crippen LogP contribution in [0.15, 0.2) is 0 Å². The zero-order valence-corrected chi connectivity index (χ0v) is 13.1. The van der Waals surface area contributed by atoms with E-state index in [0.717, 1.165) is 7.11 Å². The molecule has 0 bridgehead atoms. The quantitative estimate of drug-likeness (QED) is 0.891. The first-order valence-corrected chi connectivity index (χ1v) is 7.10. The molecule has 0 aromatic carbocycles. The number of methoxy groups -OCH3 is 1. The van der Waals surface area contributed by atoms with E-state index >= 15 is 0 Å². The monoisotopic (exact) mass is 336 g/mol. The third-order valence-electron chi connectivity index (χ3n) is 4.15. The van der Waals surface area contributed by atoms with Gasteiger partial charge < -0.3 is 15.0 Å². The molecule has 1 fully saturated rings. The number of rotatable bonds is 3. The molecule has 2 heterocycles. The topological polar surface area (TPSA) is 85.2 Å². The van der Waals surface area contributed by atoms with Gasteiger partial charge in [-0.2, -0.15) is 13.2 Å². The summed E-state index contributed by atoms with van der Waals surface area (Å²) < 4.78 is 45.4. The van der Waals surface area contributed by atoms with Gasteiger partial charge in [0.15, 0.2) is 11.4 Å². The highest BCUT2D eigenvalue weighted by atomic mass is 19.4. The molecular weight excluding hydrogens is 317 g/mol. The predicted molar refractivity (Wildman–Crippen MR) is 72.3 cm³/mol. The number of aromatic nitrogens is 4. The summed E-state index contributed by atoms with van der Waals surface area (Å²) in [5, 5.41) is 13.6.